The molecule has 0 aliphatic heterocycles. The van der Waals surface area contributed by atoms with Crippen molar-refractivity contribution >= 4 is 40.2 Å². The Balaban J connectivity index is 1.28. The molecule has 8 heteroatoms. The minimum Gasteiger partial charge on any atom is -0.339 e. The number of amides is 1. The van der Waals surface area contributed by atoms with E-state index in [2.05, 4.69) is 44.6 Å². The number of aromatic nitrogens is 5. The van der Waals surface area contributed by atoms with Gasteiger partial charge in [-0.05, 0) is 60.0 Å². The number of nitrogens with one attached hydrogen (secondary N) is 1. The second-order valence-corrected chi connectivity index (χ2v) is 9.10. The molecule has 170 valence electrons. The molecular weight excluding hydrogens is 444 g/mol. The fourth-order valence-corrected chi connectivity index (χ4v) is 4.47. The van der Waals surface area contributed by atoms with E-state index in [1.165, 1.54) is 17.0 Å². The Morgan fingerprint density at radius 2 is 1.88 bits per heavy atom. The van der Waals surface area contributed by atoms with Crippen molar-refractivity contribution in [1.29, 1.82) is 0 Å². The first-order chi connectivity index (χ1) is 16.6. The maximum atomic E-state index is 12.9. The summed E-state index contributed by atoms with van der Waals surface area (Å²) in [6, 6.07) is 13.7. The second kappa shape index (κ2) is 9.44. The maximum absolute atomic E-state index is 12.9. The molecule has 0 atom stereocenters. The van der Waals surface area contributed by atoms with Gasteiger partial charge in [0.05, 0.1) is 11.4 Å². The quantitative estimate of drug-likeness (QED) is 0.338. The highest BCUT2D eigenvalue weighted by Gasteiger charge is 2.13. The highest BCUT2D eigenvalue weighted by atomic mass is 32.1. The van der Waals surface area contributed by atoms with Crippen LogP contribution in [-0.2, 0) is 6.54 Å². The molecule has 0 aliphatic rings. The van der Waals surface area contributed by atoms with Crippen molar-refractivity contribution in [2.24, 2.45) is 0 Å². The summed E-state index contributed by atoms with van der Waals surface area (Å²) in [5.74, 6) is 0.218. The lowest BCUT2D eigenvalue weighted by Crippen LogP contribution is -2.17. The molecule has 0 radical (unpaired) electrons. The third kappa shape index (κ3) is 4.67. The Bertz CT molecular complexity index is 1460. The molecule has 5 heterocycles. The number of nitrogens with zero attached hydrogens (tertiary/aromatic N) is 5. The molecule has 0 unspecified atom stereocenters. The van der Waals surface area contributed by atoms with Crippen LogP contribution in [0.5, 0.6) is 0 Å². The lowest BCUT2D eigenvalue weighted by atomic mass is 10.1. The lowest BCUT2D eigenvalue weighted by Gasteiger charge is -2.08. The standard InChI is InChI=1S/C26H24N6OS/c1-18(2)22-5-3-7-24-28-20(16-32(22)24)8-9-21-17-34-26(29-21)30-25(33)23-6-4-14-31(23)15-19-10-12-27-13-11-19/h3-14,16-18H,15H2,1-2H3,(H,29,30,33). The van der Waals surface area contributed by atoms with Gasteiger partial charge in [0.25, 0.3) is 5.91 Å². The number of hydrogen-bond acceptors (Lipinski definition) is 5. The summed E-state index contributed by atoms with van der Waals surface area (Å²) in [7, 11) is 0. The van der Waals surface area contributed by atoms with E-state index in [1.807, 2.05) is 64.8 Å². The first-order valence-electron chi connectivity index (χ1n) is 11.0. The van der Waals surface area contributed by atoms with Gasteiger partial charge in [-0.2, -0.15) is 0 Å². The SMILES string of the molecule is CC(C)c1cccc2nc(C=Cc3csc(NC(=O)c4cccn4Cc4ccncc4)n3)cn12. The van der Waals surface area contributed by atoms with Gasteiger partial charge in [0.15, 0.2) is 5.13 Å². The van der Waals surface area contributed by atoms with Crippen LogP contribution in [0.4, 0.5) is 5.13 Å². The highest BCUT2D eigenvalue weighted by molar-refractivity contribution is 7.14. The van der Waals surface area contributed by atoms with Gasteiger partial charge in [-0.15, -0.1) is 11.3 Å². The number of rotatable bonds is 7. The normalized spacial score (nSPS) is 11.6. The maximum Gasteiger partial charge on any atom is 0.274 e. The summed E-state index contributed by atoms with van der Waals surface area (Å²) in [5.41, 5.74) is 5.43. The average Bonchev–Trinajstić information content (AvgIpc) is 3.57. The van der Waals surface area contributed by atoms with E-state index in [4.69, 9.17) is 0 Å². The van der Waals surface area contributed by atoms with Gasteiger partial charge in [0, 0.05) is 42.4 Å². The number of thiazole rings is 1. The van der Waals surface area contributed by atoms with Gasteiger partial charge < -0.3 is 8.97 Å². The molecule has 0 aromatic carbocycles. The number of fused-ring (bicyclic) bond motifs is 1. The number of carbonyl (C=O) groups is 1. The topological polar surface area (TPSA) is 77.1 Å². The number of imidazole rings is 1. The number of hydrogen-bond donors (Lipinski definition) is 1. The van der Waals surface area contributed by atoms with E-state index in [1.54, 1.807) is 18.5 Å². The van der Waals surface area contributed by atoms with E-state index < -0.39 is 0 Å². The molecule has 0 saturated carbocycles. The molecule has 5 aromatic rings. The van der Waals surface area contributed by atoms with E-state index in [9.17, 15) is 4.79 Å². The van der Waals surface area contributed by atoms with Gasteiger partial charge in [-0.3, -0.25) is 15.1 Å². The van der Waals surface area contributed by atoms with Crippen LogP contribution in [0.25, 0.3) is 17.8 Å². The van der Waals surface area contributed by atoms with Crippen LogP contribution >= 0.6 is 11.3 Å². The summed E-state index contributed by atoms with van der Waals surface area (Å²) in [6.07, 6.45) is 11.3. The molecule has 34 heavy (non-hydrogen) atoms. The molecule has 0 fully saturated rings. The molecular formula is C26H24N6OS. The van der Waals surface area contributed by atoms with Crippen molar-refractivity contribution in [3.63, 3.8) is 0 Å². The molecule has 0 spiro atoms. The van der Waals surface area contributed by atoms with Crippen LogP contribution in [0.15, 0.2) is 72.6 Å². The summed E-state index contributed by atoms with van der Waals surface area (Å²) in [5, 5.41) is 5.38. The minimum absolute atomic E-state index is 0.189. The molecule has 0 aliphatic carbocycles. The Morgan fingerprint density at radius 3 is 2.71 bits per heavy atom. The van der Waals surface area contributed by atoms with Crippen LogP contribution in [0.3, 0.4) is 0 Å². The Kier molecular flexibility index (Phi) is 6.05. The highest BCUT2D eigenvalue weighted by Crippen LogP contribution is 2.21. The van der Waals surface area contributed by atoms with Crippen LogP contribution in [-0.4, -0.2) is 29.8 Å². The molecule has 1 amide bonds. The van der Waals surface area contributed by atoms with Crippen molar-refractivity contribution in [3.8, 4) is 0 Å². The summed E-state index contributed by atoms with van der Waals surface area (Å²) in [6.45, 7) is 4.94. The Morgan fingerprint density at radius 1 is 1.06 bits per heavy atom. The number of carbonyl (C=O) groups excluding carboxylic acids is 1. The van der Waals surface area contributed by atoms with Crippen LogP contribution in [0.1, 0.15) is 52.9 Å². The monoisotopic (exact) mass is 468 g/mol. The second-order valence-electron chi connectivity index (χ2n) is 8.24. The van der Waals surface area contributed by atoms with Crippen molar-refractivity contribution in [2.45, 2.75) is 26.3 Å². The lowest BCUT2D eigenvalue weighted by molar-refractivity contribution is 0.101. The van der Waals surface area contributed by atoms with Crippen LogP contribution in [0, 0.1) is 0 Å². The Hall–Kier alpha value is -4.04. The molecule has 5 rings (SSSR count). The molecule has 0 bridgehead atoms. The predicted molar refractivity (Wildman–Crippen MR) is 136 cm³/mol. The molecule has 5 aromatic heterocycles. The van der Waals surface area contributed by atoms with Gasteiger partial charge >= 0.3 is 0 Å². The average molecular weight is 469 g/mol. The number of anilines is 1. The smallest absolute Gasteiger partial charge is 0.274 e. The first kappa shape index (κ1) is 21.8. The number of pyridine rings is 2. The van der Waals surface area contributed by atoms with Crippen LogP contribution in [0.2, 0.25) is 0 Å². The minimum atomic E-state index is -0.189. The zero-order valence-electron chi connectivity index (χ0n) is 18.9. The van der Waals surface area contributed by atoms with Crippen LogP contribution < -0.4 is 5.32 Å². The predicted octanol–water partition coefficient (Wildman–Crippen LogP) is 5.58. The third-order valence-corrected chi connectivity index (χ3v) is 6.24. The third-order valence-electron chi connectivity index (χ3n) is 5.47. The molecule has 1 N–H and O–H groups in total. The summed E-state index contributed by atoms with van der Waals surface area (Å²) < 4.78 is 4.03. The molecule has 0 saturated heterocycles. The fourth-order valence-electron chi connectivity index (χ4n) is 3.80. The van der Waals surface area contributed by atoms with Gasteiger partial charge in [-0.1, -0.05) is 19.9 Å². The van der Waals surface area contributed by atoms with Crippen molar-refractivity contribution in [1.82, 2.24) is 23.9 Å². The summed E-state index contributed by atoms with van der Waals surface area (Å²) in [4.78, 5) is 26.1. The van der Waals surface area contributed by atoms with Gasteiger partial charge in [0.2, 0.25) is 0 Å². The van der Waals surface area contributed by atoms with Crippen molar-refractivity contribution in [2.75, 3.05) is 5.32 Å². The van der Waals surface area contributed by atoms with E-state index >= 15 is 0 Å². The molecule has 7 nitrogen and oxygen atoms in total. The first-order valence-corrected chi connectivity index (χ1v) is 11.9. The van der Waals surface area contributed by atoms with Gasteiger partial charge in [0.1, 0.15) is 11.3 Å². The largest absolute Gasteiger partial charge is 0.339 e. The van der Waals surface area contributed by atoms with Crippen molar-refractivity contribution < 1.29 is 4.79 Å². The van der Waals surface area contributed by atoms with E-state index in [-0.39, 0.29) is 5.91 Å². The summed E-state index contributed by atoms with van der Waals surface area (Å²) >= 11 is 1.39. The van der Waals surface area contributed by atoms with Crippen molar-refractivity contribution in [3.05, 3.63) is 101 Å². The van der Waals surface area contributed by atoms with E-state index in [0.29, 0.717) is 23.3 Å². The fraction of sp³-hybridized carbons (Fsp3) is 0.154. The Labute approximate surface area is 201 Å². The van der Waals surface area contributed by atoms with E-state index in [0.717, 1.165) is 22.6 Å². The van der Waals surface area contributed by atoms with Gasteiger partial charge in [-0.25, -0.2) is 9.97 Å². The zero-order valence-corrected chi connectivity index (χ0v) is 19.7. The zero-order chi connectivity index (χ0) is 23.5.